The van der Waals surface area contributed by atoms with Crippen LogP contribution in [0.25, 0.3) is 0 Å². The third kappa shape index (κ3) is 4.57. The highest BCUT2D eigenvalue weighted by Gasteiger charge is 2.32. The maximum Gasteiger partial charge on any atom is 0.159 e. The fourth-order valence-electron chi connectivity index (χ4n) is 6.08. The Bertz CT molecular complexity index is 1070. The summed E-state index contributed by atoms with van der Waals surface area (Å²) in [5.74, 6) is 1.53. The van der Waals surface area contributed by atoms with Crippen molar-refractivity contribution < 1.29 is 14.6 Å². The van der Waals surface area contributed by atoms with E-state index in [1.165, 1.54) is 27.9 Å². The van der Waals surface area contributed by atoms with Crippen molar-refractivity contribution >= 4 is 5.69 Å². The second-order valence-electron chi connectivity index (χ2n) is 9.67. The molecule has 0 spiro atoms. The number of hydrogen-bond acceptors (Lipinski definition) is 4. The fraction of sp³-hybridized carbons (Fsp3) is 0.400. The summed E-state index contributed by atoms with van der Waals surface area (Å²) in [5, 5.41) is 10.1. The van der Waals surface area contributed by atoms with Crippen LogP contribution in [0.5, 0.6) is 5.75 Å². The molecule has 1 heterocycles. The lowest BCUT2D eigenvalue weighted by molar-refractivity contribution is -0.141. The average Bonchev–Trinajstić information content (AvgIpc) is 2.90. The molecule has 1 saturated heterocycles. The summed E-state index contributed by atoms with van der Waals surface area (Å²) in [6.45, 7) is 2.04. The van der Waals surface area contributed by atoms with Gasteiger partial charge >= 0.3 is 0 Å². The summed E-state index contributed by atoms with van der Waals surface area (Å²) in [6.07, 6.45) is 4.12. The van der Waals surface area contributed by atoms with E-state index in [4.69, 9.17) is 9.47 Å². The van der Waals surface area contributed by atoms with E-state index in [9.17, 15) is 5.11 Å². The Labute approximate surface area is 203 Å². The number of benzene rings is 3. The zero-order chi connectivity index (χ0) is 23.5. The fourth-order valence-corrected chi connectivity index (χ4v) is 6.08. The van der Waals surface area contributed by atoms with Crippen LogP contribution < -0.4 is 4.90 Å². The molecule has 3 aromatic carbocycles. The molecule has 4 nitrogen and oxygen atoms in total. The van der Waals surface area contributed by atoms with Gasteiger partial charge in [0.2, 0.25) is 0 Å². The van der Waals surface area contributed by atoms with Crippen molar-refractivity contribution in [2.24, 2.45) is 5.92 Å². The van der Waals surface area contributed by atoms with Gasteiger partial charge in [-0.05, 0) is 78.1 Å². The number of nitrogens with zero attached hydrogens (tertiary/aromatic N) is 1. The van der Waals surface area contributed by atoms with Crippen LogP contribution in [0.15, 0.2) is 72.8 Å². The number of methoxy groups -OCH3 is 2. The van der Waals surface area contributed by atoms with Gasteiger partial charge in [-0.15, -0.1) is 0 Å². The van der Waals surface area contributed by atoms with Crippen LogP contribution in [0, 0.1) is 5.92 Å². The van der Waals surface area contributed by atoms with E-state index in [1.807, 2.05) is 12.1 Å². The lowest BCUT2D eigenvalue weighted by atomic mass is 9.69. The maximum atomic E-state index is 10.1. The summed E-state index contributed by atoms with van der Waals surface area (Å²) < 4.78 is 11.0. The van der Waals surface area contributed by atoms with Crippen molar-refractivity contribution in [3.8, 4) is 5.75 Å². The SMILES string of the molecule is COC(OC)C1CCN(c2ccc(C3c4ccc(O)cc4CC[C@@H]3c3ccccc3)cc2)CC1. The number of fused-ring (bicyclic) bond motifs is 1. The van der Waals surface area contributed by atoms with E-state index < -0.39 is 0 Å². The molecule has 0 saturated carbocycles. The zero-order valence-electron chi connectivity index (χ0n) is 20.2. The molecule has 1 aliphatic heterocycles. The molecular formula is C30H35NO3. The molecule has 0 amide bonds. The topological polar surface area (TPSA) is 41.9 Å². The minimum absolute atomic E-state index is 0.106. The summed E-state index contributed by atoms with van der Waals surface area (Å²) in [7, 11) is 3.46. The molecule has 0 aromatic heterocycles. The number of aromatic hydroxyl groups is 1. The van der Waals surface area contributed by atoms with Crippen molar-refractivity contribution in [1.82, 2.24) is 0 Å². The van der Waals surface area contributed by atoms with Crippen molar-refractivity contribution in [1.29, 1.82) is 0 Å². The first-order valence-electron chi connectivity index (χ1n) is 12.4. The van der Waals surface area contributed by atoms with Crippen LogP contribution in [0.3, 0.4) is 0 Å². The highest BCUT2D eigenvalue weighted by atomic mass is 16.7. The minimum Gasteiger partial charge on any atom is -0.508 e. The third-order valence-electron chi connectivity index (χ3n) is 7.82. The Morgan fingerprint density at radius 3 is 2.21 bits per heavy atom. The van der Waals surface area contributed by atoms with Crippen molar-refractivity contribution in [2.45, 2.75) is 43.8 Å². The lowest BCUT2D eigenvalue weighted by Crippen LogP contribution is -2.39. The Morgan fingerprint density at radius 1 is 0.824 bits per heavy atom. The molecule has 4 heteroatoms. The number of rotatable bonds is 6. The number of phenolic OH excluding ortho intramolecular Hbond substituents is 1. The van der Waals surface area contributed by atoms with Crippen LogP contribution in [-0.4, -0.2) is 38.7 Å². The van der Waals surface area contributed by atoms with Gasteiger partial charge in [0.05, 0.1) is 0 Å². The predicted octanol–water partition coefficient (Wildman–Crippen LogP) is 6.09. The highest BCUT2D eigenvalue weighted by molar-refractivity contribution is 5.52. The van der Waals surface area contributed by atoms with E-state index in [0.717, 1.165) is 38.8 Å². The number of phenols is 1. The number of anilines is 1. The molecule has 34 heavy (non-hydrogen) atoms. The molecule has 2 aliphatic rings. The van der Waals surface area contributed by atoms with Gasteiger partial charge in [-0.1, -0.05) is 48.5 Å². The van der Waals surface area contributed by atoms with Crippen LogP contribution in [-0.2, 0) is 15.9 Å². The molecule has 0 radical (unpaired) electrons. The van der Waals surface area contributed by atoms with E-state index in [-0.39, 0.29) is 12.2 Å². The standard InChI is InChI=1S/C30H35NO3/c1-33-30(34-2)23-16-18-31(19-17-23)25-11-8-22(9-12-25)29-27(21-6-4-3-5-7-21)14-10-24-20-26(32)13-15-28(24)29/h3-9,11-13,15,20,23,27,29-30,32H,10,14,16-19H2,1-2H3/t27-,29?/m1/s1. The van der Waals surface area contributed by atoms with Crippen LogP contribution >= 0.6 is 0 Å². The van der Waals surface area contributed by atoms with Crippen molar-refractivity contribution in [3.05, 3.63) is 95.1 Å². The average molecular weight is 458 g/mol. The normalized spacial score (nSPS) is 21.0. The van der Waals surface area contributed by atoms with Gasteiger partial charge in [-0.25, -0.2) is 0 Å². The van der Waals surface area contributed by atoms with Gasteiger partial charge in [0, 0.05) is 44.8 Å². The van der Waals surface area contributed by atoms with Gasteiger partial charge in [-0.2, -0.15) is 0 Å². The quantitative estimate of drug-likeness (QED) is 0.455. The largest absolute Gasteiger partial charge is 0.508 e. The van der Waals surface area contributed by atoms with Gasteiger partial charge in [0.1, 0.15) is 5.75 Å². The molecule has 3 aromatic rings. The second-order valence-corrected chi connectivity index (χ2v) is 9.67. The molecule has 0 bridgehead atoms. The first-order chi connectivity index (χ1) is 16.7. The molecule has 5 rings (SSSR count). The van der Waals surface area contributed by atoms with Crippen molar-refractivity contribution in [3.63, 3.8) is 0 Å². The monoisotopic (exact) mass is 457 g/mol. The minimum atomic E-state index is -0.106. The smallest absolute Gasteiger partial charge is 0.159 e. The van der Waals surface area contributed by atoms with E-state index in [0.29, 0.717) is 17.6 Å². The molecule has 1 aliphatic carbocycles. The zero-order valence-corrected chi connectivity index (χ0v) is 20.2. The van der Waals surface area contributed by atoms with Crippen LogP contribution in [0.2, 0.25) is 0 Å². The van der Waals surface area contributed by atoms with Gasteiger partial charge in [-0.3, -0.25) is 0 Å². The lowest BCUT2D eigenvalue weighted by Gasteiger charge is -2.37. The predicted molar refractivity (Wildman–Crippen MR) is 137 cm³/mol. The van der Waals surface area contributed by atoms with Gasteiger partial charge < -0.3 is 19.5 Å². The van der Waals surface area contributed by atoms with E-state index in [2.05, 4.69) is 65.6 Å². The van der Waals surface area contributed by atoms with E-state index >= 15 is 0 Å². The molecule has 1 fully saturated rings. The first kappa shape index (κ1) is 22.9. The second kappa shape index (κ2) is 10.2. The Morgan fingerprint density at radius 2 is 1.53 bits per heavy atom. The molecule has 178 valence electrons. The Hall–Kier alpha value is -2.82. The van der Waals surface area contributed by atoms with Crippen molar-refractivity contribution in [2.75, 3.05) is 32.2 Å². The molecule has 1 unspecified atom stereocenters. The summed E-state index contributed by atoms with van der Waals surface area (Å²) in [6, 6.07) is 26.0. The highest BCUT2D eigenvalue weighted by Crippen LogP contribution is 2.47. The van der Waals surface area contributed by atoms with E-state index in [1.54, 1.807) is 14.2 Å². The van der Waals surface area contributed by atoms with Gasteiger partial charge in [0.15, 0.2) is 6.29 Å². The summed E-state index contributed by atoms with van der Waals surface area (Å²) in [4.78, 5) is 2.48. The molecule has 1 N–H and O–H groups in total. The Balaban J connectivity index is 1.40. The summed E-state index contributed by atoms with van der Waals surface area (Å²) >= 11 is 0. The summed E-state index contributed by atoms with van der Waals surface area (Å²) in [5.41, 5.74) is 6.64. The number of piperidine rings is 1. The number of aryl methyl sites for hydroxylation is 1. The van der Waals surface area contributed by atoms with Crippen LogP contribution in [0.4, 0.5) is 5.69 Å². The maximum absolute atomic E-state index is 10.1. The Kier molecular flexibility index (Phi) is 6.89. The number of ether oxygens (including phenoxy) is 2. The van der Waals surface area contributed by atoms with Crippen LogP contribution in [0.1, 0.15) is 53.4 Å². The third-order valence-corrected chi connectivity index (χ3v) is 7.82. The molecule has 2 atom stereocenters. The molecular weight excluding hydrogens is 422 g/mol. The number of hydrogen-bond donors (Lipinski definition) is 1. The van der Waals surface area contributed by atoms with Gasteiger partial charge in [0.25, 0.3) is 0 Å². The first-order valence-corrected chi connectivity index (χ1v) is 12.4.